The van der Waals surface area contributed by atoms with Gasteiger partial charge in [-0.2, -0.15) is 0 Å². The average Bonchev–Trinajstić information content (AvgIpc) is 2.94. The van der Waals surface area contributed by atoms with Crippen LogP contribution in [0.2, 0.25) is 0 Å². The van der Waals surface area contributed by atoms with Crippen molar-refractivity contribution in [1.82, 2.24) is 25.5 Å². The Labute approximate surface area is 154 Å². The SMILES string of the molecule is COc1ccc(Br)c(CNCCSc2nnnn2C)c1OC(C)C. The summed E-state index contributed by atoms with van der Waals surface area (Å²) >= 11 is 5.21. The lowest BCUT2D eigenvalue weighted by Gasteiger charge is -2.19. The van der Waals surface area contributed by atoms with Gasteiger partial charge in [-0.05, 0) is 36.4 Å². The van der Waals surface area contributed by atoms with Crippen molar-refractivity contribution in [2.24, 2.45) is 7.05 Å². The molecule has 24 heavy (non-hydrogen) atoms. The van der Waals surface area contributed by atoms with E-state index in [1.54, 1.807) is 23.6 Å². The fourth-order valence-electron chi connectivity index (χ4n) is 2.04. The Morgan fingerprint density at radius 1 is 1.38 bits per heavy atom. The Morgan fingerprint density at radius 3 is 2.79 bits per heavy atom. The first-order chi connectivity index (χ1) is 11.5. The highest BCUT2D eigenvalue weighted by atomic mass is 79.9. The van der Waals surface area contributed by atoms with Gasteiger partial charge in [0.25, 0.3) is 0 Å². The number of tetrazole rings is 1. The molecule has 0 amide bonds. The molecule has 0 aliphatic heterocycles. The molecule has 0 saturated carbocycles. The highest BCUT2D eigenvalue weighted by Crippen LogP contribution is 2.36. The molecule has 2 rings (SSSR count). The predicted octanol–water partition coefficient (Wildman–Crippen LogP) is 2.65. The smallest absolute Gasteiger partial charge is 0.209 e. The van der Waals surface area contributed by atoms with Crippen LogP contribution in [0.1, 0.15) is 19.4 Å². The molecule has 0 atom stereocenters. The lowest BCUT2D eigenvalue weighted by Crippen LogP contribution is -2.19. The molecular formula is C15H22BrN5O2S. The normalized spacial score (nSPS) is 11.1. The number of benzene rings is 1. The molecule has 0 spiro atoms. The molecular weight excluding hydrogens is 394 g/mol. The van der Waals surface area contributed by atoms with Crippen molar-refractivity contribution in [2.45, 2.75) is 31.7 Å². The minimum atomic E-state index is 0.0749. The molecule has 0 unspecified atom stereocenters. The zero-order valence-electron chi connectivity index (χ0n) is 14.2. The molecule has 0 aliphatic carbocycles. The fraction of sp³-hybridized carbons (Fsp3) is 0.533. The first kappa shape index (κ1) is 19.0. The number of nitrogens with one attached hydrogen (secondary N) is 1. The number of aryl methyl sites for hydroxylation is 1. The molecule has 1 heterocycles. The summed E-state index contributed by atoms with van der Waals surface area (Å²) in [6, 6.07) is 3.88. The Kier molecular flexibility index (Phi) is 7.32. The number of ether oxygens (including phenoxy) is 2. The van der Waals surface area contributed by atoms with E-state index in [-0.39, 0.29) is 6.10 Å². The monoisotopic (exact) mass is 415 g/mol. The van der Waals surface area contributed by atoms with Crippen LogP contribution in [0.15, 0.2) is 21.8 Å². The van der Waals surface area contributed by atoms with Crippen LogP contribution in [0, 0.1) is 0 Å². The van der Waals surface area contributed by atoms with Gasteiger partial charge in [-0.15, -0.1) is 5.10 Å². The molecule has 0 aliphatic rings. The van der Waals surface area contributed by atoms with Gasteiger partial charge in [-0.25, -0.2) is 4.68 Å². The van der Waals surface area contributed by atoms with E-state index in [9.17, 15) is 0 Å². The van der Waals surface area contributed by atoms with Gasteiger partial charge in [-0.3, -0.25) is 0 Å². The van der Waals surface area contributed by atoms with Gasteiger partial charge in [0.15, 0.2) is 11.5 Å². The molecule has 1 aromatic carbocycles. The lowest BCUT2D eigenvalue weighted by molar-refractivity contribution is 0.227. The Hall–Kier alpha value is -1.32. The van der Waals surface area contributed by atoms with E-state index in [2.05, 4.69) is 36.8 Å². The van der Waals surface area contributed by atoms with E-state index in [0.717, 1.165) is 39.0 Å². The van der Waals surface area contributed by atoms with Crippen LogP contribution in [0.4, 0.5) is 0 Å². The summed E-state index contributed by atoms with van der Waals surface area (Å²) in [6.07, 6.45) is 0.0749. The zero-order chi connectivity index (χ0) is 17.5. The molecule has 9 heteroatoms. The third-order valence-electron chi connectivity index (χ3n) is 3.13. The van der Waals surface area contributed by atoms with E-state index in [4.69, 9.17) is 9.47 Å². The summed E-state index contributed by atoms with van der Waals surface area (Å²) in [5.41, 5.74) is 1.05. The van der Waals surface area contributed by atoms with Gasteiger partial charge < -0.3 is 14.8 Å². The number of thioether (sulfide) groups is 1. The highest BCUT2D eigenvalue weighted by Gasteiger charge is 2.15. The Morgan fingerprint density at radius 2 is 2.17 bits per heavy atom. The van der Waals surface area contributed by atoms with Crippen LogP contribution >= 0.6 is 27.7 Å². The predicted molar refractivity (Wildman–Crippen MR) is 97.7 cm³/mol. The molecule has 0 bridgehead atoms. The van der Waals surface area contributed by atoms with Crippen LogP contribution < -0.4 is 14.8 Å². The van der Waals surface area contributed by atoms with Gasteiger partial charge in [0, 0.05) is 35.9 Å². The molecule has 1 N–H and O–H groups in total. The molecule has 0 radical (unpaired) electrons. The minimum Gasteiger partial charge on any atom is -0.493 e. The summed E-state index contributed by atoms with van der Waals surface area (Å²) in [6.45, 7) is 5.51. The third kappa shape index (κ3) is 5.09. The highest BCUT2D eigenvalue weighted by molar-refractivity contribution is 9.10. The van der Waals surface area contributed by atoms with Gasteiger partial charge in [-0.1, -0.05) is 27.7 Å². The number of methoxy groups -OCH3 is 1. The van der Waals surface area contributed by atoms with Crippen molar-refractivity contribution < 1.29 is 9.47 Å². The number of aromatic nitrogens is 4. The number of hydrogen-bond acceptors (Lipinski definition) is 7. The molecule has 132 valence electrons. The van der Waals surface area contributed by atoms with E-state index in [0.29, 0.717) is 6.54 Å². The van der Waals surface area contributed by atoms with E-state index < -0.39 is 0 Å². The number of nitrogens with zero attached hydrogens (tertiary/aromatic N) is 4. The van der Waals surface area contributed by atoms with Crippen molar-refractivity contribution in [3.63, 3.8) is 0 Å². The van der Waals surface area contributed by atoms with E-state index in [1.165, 1.54) is 0 Å². The molecule has 2 aromatic rings. The zero-order valence-corrected chi connectivity index (χ0v) is 16.6. The Bertz CT molecular complexity index is 665. The van der Waals surface area contributed by atoms with Crippen LogP contribution in [0.5, 0.6) is 11.5 Å². The number of halogens is 1. The number of hydrogen-bond donors (Lipinski definition) is 1. The summed E-state index contributed by atoms with van der Waals surface area (Å²) in [5.74, 6) is 2.39. The maximum atomic E-state index is 5.95. The molecule has 0 fully saturated rings. The maximum Gasteiger partial charge on any atom is 0.209 e. The molecule has 0 saturated heterocycles. The quantitative estimate of drug-likeness (QED) is 0.498. The Balaban J connectivity index is 1.94. The minimum absolute atomic E-state index is 0.0749. The first-order valence-electron chi connectivity index (χ1n) is 7.60. The van der Waals surface area contributed by atoms with E-state index >= 15 is 0 Å². The first-order valence-corrected chi connectivity index (χ1v) is 9.38. The van der Waals surface area contributed by atoms with Crippen molar-refractivity contribution in [3.05, 3.63) is 22.2 Å². The van der Waals surface area contributed by atoms with Crippen LogP contribution in [0.25, 0.3) is 0 Å². The van der Waals surface area contributed by atoms with Crippen molar-refractivity contribution in [1.29, 1.82) is 0 Å². The topological polar surface area (TPSA) is 74.1 Å². The van der Waals surface area contributed by atoms with Crippen molar-refractivity contribution in [3.8, 4) is 11.5 Å². The molecule has 7 nitrogen and oxygen atoms in total. The third-order valence-corrected chi connectivity index (χ3v) is 4.89. The summed E-state index contributed by atoms with van der Waals surface area (Å²) in [5, 5.41) is 15.6. The fourth-order valence-corrected chi connectivity index (χ4v) is 3.24. The molecule has 1 aromatic heterocycles. The van der Waals surface area contributed by atoms with Crippen molar-refractivity contribution in [2.75, 3.05) is 19.4 Å². The second kappa shape index (κ2) is 9.24. The van der Waals surface area contributed by atoms with Gasteiger partial charge in [0.05, 0.1) is 13.2 Å². The largest absolute Gasteiger partial charge is 0.493 e. The average molecular weight is 416 g/mol. The van der Waals surface area contributed by atoms with Crippen molar-refractivity contribution >= 4 is 27.7 Å². The number of rotatable bonds is 9. The van der Waals surface area contributed by atoms with E-state index in [1.807, 2.05) is 33.0 Å². The summed E-state index contributed by atoms with van der Waals surface area (Å²) < 4.78 is 14.0. The standard InChI is InChI=1S/C15H22BrN5O2S/c1-10(2)23-14-11(12(16)5-6-13(14)22-4)9-17-7-8-24-15-18-19-20-21(15)3/h5-6,10,17H,7-9H2,1-4H3. The second-order valence-corrected chi connectivity index (χ2v) is 7.25. The van der Waals surface area contributed by atoms with Gasteiger partial charge >= 0.3 is 0 Å². The maximum absolute atomic E-state index is 5.95. The summed E-state index contributed by atoms with van der Waals surface area (Å²) in [4.78, 5) is 0. The van der Waals surface area contributed by atoms with Crippen LogP contribution in [-0.2, 0) is 13.6 Å². The van der Waals surface area contributed by atoms with Gasteiger partial charge in [0.2, 0.25) is 5.16 Å². The van der Waals surface area contributed by atoms with Crippen LogP contribution in [-0.4, -0.2) is 45.7 Å². The van der Waals surface area contributed by atoms with Crippen LogP contribution in [0.3, 0.4) is 0 Å². The second-order valence-electron chi connectivity index (χ2n) is 5.33. The summed E-state index contributed by atoms with van der Waals surface area (Å²) in [7, 11) is 3.48. The lowest BCUT2D eigenvalue weighted by atomic mass is 10.1. The van der Waals surface area contributed by atoms with Gasteiger partial charge in [0.1, 0.15) is 0 Å².